The summed E-state index contributed by atoms with van der Waals surface area (Å²) in [5.41, 5.74) is 0.458. The fourth-order valence-electron chi connectivity index (χ4n) is 3.29. The van der Waals surface area contributed by atoms with Gasteiger partial charge in [0.15, 0.2) is 11.5 Å². The molecule has 1 aliphatic rings. The van der Waals surface area contributed by atoms with Crippen molar-refractivity contribution in [3.63, 3.8) is 0 Å². The van der Waals surface area contributed by atoms with Gasteiger partial charge in [0.25, 0.3) is 5.91 Å². The van der Waals surface area contributed by atoms with Crippen LogP contribution in [0, 0.1) is 5.92 Å². The van der Waals surface area contributed by atoms with Crippen molar-refractivity contribution in [2.75, 3.05) is 41.0 Å². The van der Waals surface area contributed by atoms with E-state index in [1.165, 1.54) is 14.2 Å². The summed E-state index contributed by atoms with van der Waals surface area (Å²) in [6.07, 6.45) is 2.23. The van der Waals surface area contributed by atoms with E-state index in [0.29, 0.717) is 41.3 Å². The van der Waals surface area contributed by atoms with Gasteiger partial charge in [-0.25, -0.2) is 0 Å². The van der Waals surface area contributed by atoms with Crippen molar-refractivity contribution in [1.29, 1.82) is 0 Å². The molecule has 1 aliphatic heterocycles. The molecule has 1 fully saturated rings. The number of methoxy groups -OCH3 is 3. The van der Waals surface area contributed by atoms with Gasteiger partial charge in [-0.15, -0.1) is 0 Å². The van der Waals surface area contributed by atoms with Crippen LogP contribution >= 0.6 is 0 Å². The summed E-state index contributed by atoms with van der Waals surface area (Å²) < 4.78 is 16.0. The summed E-state index contributed by atoms with van der Waals surface area (Å²) >= 11 is 0. The third kappa shape index (κ3) is 4.57. The third-order valence-electron chi connectivity index (χ3n) is 4.88. The van der Waals surface area contributed by atoms with Crippen LogP contribution in [0.4, 0.5) is 0 Å². The summed E-state index contributed by atoms with van der Waals surface area (Å²) in [5.74, 6) is 1.74. The first-order valence-electron chi connectivity index (χ1n) is 8.83. The summed E-state index contributed by atoms with van der Waals surface area (Å²) in [6, 6.07) is 4.01. The Hall–Kier alpha value is -1.95. The molecule has 0 saturated carbocycles. The molecule has 0 aliphatic carbocycles. The Morgan fingerprint density at radius 3 is 2.28 bits per heavy atom. The first-order valence-corrected chi connectivity index (χ1v) is 8.83. The Balaban J connectivity index is 1.99. The highest BCUT2D eigenvalue weighted by Crippen LogP contribution is 2.39. The lowest BCUT2D eigenvalue weighted by atomic mass is 9.96. The normalized spacial score (nSPS) is 15.9. The number of benzene rings is 1. The molecule has 0 aromatic heterocycles. The van der Waals surface area contributed by atoms with Gasteiger partial charge in [-0.3, -0.25) is 4.79 Å². The summed E-state index contributed by atoms with van der Waals surface area (Å²) in [6.45, 7) is 7.33. The van der Waals surface area contributed by atoms with Gasteiger partial charge < -0.3 is 24.4 Å². The van der Waals surface area contributed by atoms with Crippen molar-refractivity contribution >= 4 is 5.91 Å². The second kappa shape index (κ2) is 8.94. The van der Waals surface area contributed by atoms with Crippen molar-refractivity contribution < 1.29 is 19.0 Å². The van der Waals surface area contributed by atoms with Crippen molar-refractivity contribution in [2.45, 2.75) is 32.7 Å². The lowest BCUT2D eigenvalue weighted by molar-refractivity contribution is 0.0926. The first kappa shape index (κ1) is 19.4. The monoisotopic (exact) mass is 350 g/mol. The van der Waals surface area contributed by atoms with Crippen molar-refractivity contribution in [3.8, 4) is 17.2 Å². The SMILES string of the molecule is COc1ccc(C(=O)NCC2CCN(C(C)C)CC2)c(OC)c1OC. The molecule has 0 radical (unpaired) electrons. The number of likely N-dealkylation sites (tertiary alicyclic amines) is 1. The minimum absolute atomic E-state index is 0.149. The van der Waals surface area contributed by atoms with E-state index in [9.17, 15) is 4.79 Å². The molecule has 1 amide bonds. The number of carbonyl (C=O) groups excluding carboxylic acids is 1. The summed E-state index contributed by atoms with van der Waals surface area (Å²) in [7, 11) is 4.61. The Morgan fingerprint density at radius 2 is 1.76 bits per heavy atom. The van der Waals surface area contributed by atoms with E-state index >= 15 is 0 Å². The molecule has 0 atom stereocenters. The molecule has 0 bridgehead atoms. The van der Waals surface area contributed by atoms with Gasteiger partial charge in [-0.05, 0) is 57.8 Å². The zero-order valence-corrected chi connectivity index (χ0v) is 15.9. The van der Waals surface area contributed by atoms with Gasteiger partial charge in [0, 0.05) is 12.6 Å². The number of piperidine rings is 1. The third-order valence-corrected chi connectivity index (χ3v) is 4.88. The minimum atomic E-state index is -0.149. The fourth-order valence-corrected chi connectivity index (χ4v) is 3.29. The molecule has 6 nitrogen and oxygen atoms in total. The Kier molecular flexibility index (Phi) is 6.93. The quantitative estimate of drug-likeness (QED) is 0.819. The molecule has 1 heterocycles. The number of hydrogen-bond acceptors (Lipinski definition) is 5. The highest BCUT2D eigenvalue weighted by atomic mass is 16.5. The van der Waals surface area contributed by atoms with Gasteiger partial charge in [-0.2, -0.15) is 0 Å². The zero-order valence-electron chi connectivity index (χ0n) is 15.9. The number of ether oxygens (including phenoxy) is 3. The molecule has 0 unspecified atom stereocenters. The average Bonchev–Trinajstić information content (AvgIpc) is 2.64. The highest BCUT2D eigenvalue weighted by molar-refractivity contribution is 5.98. The van der Waals surface area contributed by atoms with Crippen LogP contribution in [0.25, 0.3) is 0 Å². The smallest absolute Gasteiger partial charge is 0.255 e. The maximum absolute atomic E-state index is 12.6. The molecule has 1 saturated heterocycles. The molecule has 1 aromatic rings. The molecule has 6 heteroatoms. The summed E-state index contributed by atoms with van der Waals surface area (Å²) in [4.78, 5) is 15.1. The first-order chi connectivity index (χ1) is 12.0. The lowest BCUT2D eigenvalue weighted by Crippen LogP contribution is -2.41. The van der Waals surface area contributed by atoms with E-state index in [1.54, 1.807) is 19.2 Å². The van der Waals surface area contributed by atoms with Crippen LogP contribution in [0.2, 0.25) is 0 Å². The zero-order chi connectivity index (χ0) is 18.4. The largest absolute Gasteiger partial charge is 0.493 e. The molecular formula is C19H30N2O4. The van der Waals surface area contributed by atoms with Crippen LogP contribution in [0.3, 0.4) is 0 Å². The van der Waals surface area contributed by atoms with Gasteiger partial charge >= 0.3 is 0 Å². The number of carbonyl (C=O) groups is 1. The van der Waals surface area contributed by atoms with Crippen LogP contribution < -0.4 is 19.5 Å². The van der Waals surface area contributed by atoms with Crippen molar-refractivity contribution in [2.24, 2.45) is 5.92 Å². The van der Waals surface area contributed by atoms with E-state index in [0.717, 1.165) is 25.9 Å². The van der Waals surface area contributed by atoms with E-state index in [4.69, 9.17) is 14.2 Å². The second-order valence-electron chi connectivity index (χ2n) is 6.66. The van der Waals surface area contributed by atoms with Gasteiger partial charge in [-0.1, -0.05) is 0 Å². The molecule has 25 heavy (non-hydrogen) atoms. The van der Waals surface area contributed by atoms with Crippen molar-refractivity contribution in [3.05, 3.63) is 17.7 Å². The van der Waals surface area contributed by atoms with Gasteiger partial charge in [0.05, 0.1) is 26.9 Å². The minimum Gasteiger partial charge on any atom is -0.493 e. The molecule has 1 N–H and O–H groups in total. The molecular weight excluding hydrogens is 320 g/mol. The molecule has 0 spiro atoms. The average molecular weight is 350 g/mol. The maximum atomic E-state index is 12.6. The predicted molar refractivity (Wildman–Crippen MR) is 97.9 cm³/mol. The lowest BCUT2D eigenvalue weighted by Gasteiger charge is -2.34. The maximum Gasteiger partial charge on any atom is 0.255 e. The van der Waals surface area contributed by atoms with Crippen LogP contribution in [0.1, 0.15) is 37.0 Å². The molecule has 1 aromatic carbocycles. The van der Waals surface area contributed by atoms with E-state index in [1.807, 2.05) is 0 Å². The van der Waals surface area contributed by atoms with Gasteiger partial charge in [0.2, 0.25) is 5.75 Å². The Labute approximate surface area is 150 Å². The number of hydrogen-bond donors (Lipinski definition) is 1. The Bertz CT molecular complexity index is 581. The molecule has 140 valence electrons. The highest BCUT2D eigenvalue weighted by Gasteiger charge is 2.23. The van der Waals surface area contributed by atoms with E-state index in [2.05, 4.69) is 24.1 Å². The van der Waals surface area contributed by atoms with E-state index < -0.39 is 0 Å². The van der Waals surface area contributed by atoms with E-state index in [-0.39, 0.29) is 5.91 Å². The van der Waals surface area contributed by atoms with Crippen LogP contribution in [0.5, 0.6) is 17.2 Å². The van der Waals surface area contributed by atoms with Crippen LogP contribution in [0.15, 0.2) is 12.1 Å². The molecule has 2 rings (SSSR count). The standard InChI is InChI=1S/C19H30N2O4/c1-13(2)21-10-8-14(9-11-21)12-20-19(22)15-6-7-16(23-3)18(25-5)17(15)24-4/h6-7,13-14H,8-12H2,1-5H3,(H,20,22). The van der Waals surface area contributed by atoms with Gasteiger partial charge in [0.1, 0.15) is 0 Å². The summed E-state index contributed by atoms with van der Waals surface area (Å²) in [5, 5.41) is 3.04. The number of nitrogens with one attached hydrogen (secondary N) is 1. The Morgan fingerprint density at radius 1 is 1.12 bits per heavy atom. The predicted octanol–water partition coefficient (Wildman–Crippen LogP) is 2.56. The van der Waals surface area contributed by atoms with Crippen molar-refractivity contribution in [1.82, 2.24) is 10.2 Å². The van der Waals surface area contributed by atoms with Crippen LogP contribution in [-0.2, 0) is 0 Å². The number of nitrogens with zero attached hydrogens (tertiary/aromatic N) is 1. The second-order valence-corrected chi connectivity index (χ2v) is 6.66. The fraction of sp³-hybridized carbons (Fsp3) is 0.632. The number of amides is 1. The van der Waals surface area contributed by atoms with Crippen LogP contribution in [-0.4, -0.2) is 57.8 Å². The topological polar surface area (TPSA) is 60.0 Å². The number of rotatable bonds is 7.